The van der Waals surface area contributed by atoms with Crippen molar-refractivity contribution in [3.63, 3.8) is 0 Å². The molecule has 0 atom stereocenters. The van der Waals surface area contributed by atoms with Gasteiger partial charge in [-0.1, -0.05) is 54.6 Å². The number of benzene rings is 3. The lowest BCUT2D eigenvalue weighted by Crippen LogP contribution is -2.23. The van der Waals surface area contributed by atoms with Crippen molar-refractivity contribution in [2.24, 2.45) is 0 Å². The van der Waals surface area contributed by atoms with Crippen LogP contribution < -0.4 is 10.5 Å². The number of nitrogens with two attached hydrogens (primary N) is 1. The van der Waals surface area contributed by atoms with Gasteiger partial charge >= 0.3 is 0 Å². The van der Waals surface area contributed by atoms with Crippen LogP contribution in [0.4, 0.5) is 5.69 Å². The Morgan fingerprint density at radius 1 is 0.818 bits per heavy atom. The molecule has 0 aliphatic carbocycles. The monoisotopic (exact) mass is 312 g/mol. The number of hydrogen-bond donors (Lipinski definition) is 2. The van der Waals surface area contributed by atoms with Crippen molar-refractivity contribution in [1.82, 2.24) is 4.72 Å². The van der Waals surface area contributed by atoms with Gasteiger partial charge in [0, 0.05) is 23.0 Å². The number of sulfonamides is 1. The molecule has 0 unspecified atom stereocenters. The highest BCUT2D eigenvalue weighted by molar-refractivity contribution is 7.89. The molecule has 0 fully saturated rings. The van der Waals surface area contributed by atoms with Crippen molar-refractivity contribution in [3.8, 4) is 0 Å². The molecule has 0 saturated heterocycles. The highest BCUT2D eigenvalue weighted by Gasteiger charge is 2.17. The van der Waals surface area contributed by atoms with Crippen molar-refractivity contribution in [3.05, 3.63) is 72.3 Å². The molecule has 22 heavy (non-hydrogen) atoms. The van der Waals surface area contributed by atoms with Gasteiger partial charge in [0.2, 0.25) is 10.0 Å². The Labute approximate surface area is 129 Å². The molecule has 0 bridgehead atoms. The first-order chi connectivity index (χ1) is 10.6. The van der Waals surface area contributed by atoms with Crippen LogP contribution in [0, 0.1) is 0 Å². The standard InChI is InChI=1S/C17H16N2O2S/c18-16-10-4-9-15-14(16)8-5-11-17(15)22(20,21)19-12-13-6-2-1-3-7-13/h1-11,19H,12,18H2. The molecule has 0 aromatic heterocycles. The van der Waals surface area contributed by atoms with Gasteiger partial charge < -0.3 is 5.73 Å². The summed E-state index contributed by atoms with van der Waals surface area (Å²) in [5.41, 5.74) is 7.39. The maximum absolute atomic E-state index is 12.6. The molecule has 4 nitrogen and oxygen atoms in total. The molecule has 3 aromatic rings. The Kier molecular flexibility index (Phi) is 3.83. The maximum Gasteiger partial charge on any atom is 0.241 e. The minimum absolute atomic E-state index is 0.244. The molecule has 0 aliphatic rings. The number of rotatable bonds is 4. The number of nitrogen functional groups attached to an aromatic ring is 1. The van der Waals surface area contributed by atoms with Crippen LogP contribution in [0.3, 0.4) is 0 Å². The zero-order chi connectivity index (χ0) is 15.6. The van der Waals surface area contributed by atoms with Crippen LogP contribution in [0.5, 0.6) is 0 Å². The molecular weight excluding hydrogens is 296 g/mol. The first kappa shape index (κ1) is 14.6. The average Bonchev–Trinajstić information content (AvgIpc) is 2.54. The molecule has 112 valence electrons. The molecule has 0 radical (unpaired) electrons. The lowest BCUT2D eigenvalue weighted by atomic mass is 10.1. The van der Waals surface area contributed by atoms with Gasteiger partial charge in [0.1, 0.15) is 0 Å². The van der Waals surface area contributed by atoms with E-state index in [9.17, 15) is 8.42 Å². The van der Waals surface area contributed by atoms with Gasteiger partial charge in [0.25, 0.3) is 0 Å². The first-order valence-corrected chi connectivity index (χ1v) is 8.37. The second-order valence-electron chi connectivity index (χ2n) is 5.01. The maximum atomic E-state index is 12.6. The molecule has 3 rings (SSSR count). The third-order valence-electron chi connectivity index (χ3n) is 3.51. The zero-order valence-electron chi connectivity index (χ0n) is 11.9. The number of hydrogen-bond acceptors (Lipinski definition) is 3. The molecule has 0 saturated carbocycles. The fourth-order valence-electron chi connectivity index (χ4n) is 2.39. The Balaban J connectivity index is 1.97. The van der Waals surface area contributed by atoms with Crippen LogP contribution in [0.2, 0.25) is 0 Å². The largest absolute Gasteiger partial charge is 0.398 e. The summed E-state index contributed by atoms with van der Waals surface area (Å²) in [6, 6.07) is 19.8. The van der Waals surface area contributed by atoms with E-state index in [1.54, 1.807) is 30.3 Å². The summed E-state index contributed by atoms with van der Waals surface area (Å²) in [7, 11) is -3.61. The highest BCUT2D eigenvalue weighted by atomic mass is 32.2. The van der Waals surface area contributed by atoms with Crippen molar-refractivity contribution in [2.75, 3.05) is 5.73 Å². The van der Waals surface area contributed by atoms with Gasteiger partial charge in [0.15, 0.2) is 0 Å². The minimum atomic E-state index is -3.61. The number of fused-ring (bicyclic) bond motifs is 1. The SMILES string of the molecule is Nc1cccc2c(S(=O)(=O)NCc3ccccc3)cccc12. The fraction of sp³-hybridized carbons (Fsp3) is 0.0588. The van der Waals surface area contributed by atoms with Gasteiger partial charge in [-0.15, -0.1) is 0 Å². The zero-order valence-corrected chi connectivity index (χ0v) is 12.7. The number of nitrogens with one attached hydrogen (secondary N) is 1. The molecule has 5 heteroatoms. The molecule has 3 aromatic carbocycles. The molecule has 0 aliphatic heterocycles. The molecule has 0 spiro atoms. The van der Waals surface area contributed by atoms with E-state index in [0.29, 0.717) is 11.1 Å². The predicted octanol–water partition coefficient (Wildman–Crippen LogP) is 2.90. The molecule has 0 amide bonds. The summed E-state index contributed by atoms with van der Waals surface area (Å²) < 4.78 is 27.8. The molecule has 3 N–H and O–H groups in total. The van der Waals surface area contributed by atoms with E-state index < -0.39 is 10.0 Å². The van der Waals surface area contributed by atoms with Gasteiger partial charge in [0.05, 0.1) is 4.90 Å². The minimum Gasteiger partial charge on any atom is -0.398 e. The third-order valence-corrected chi connectivity index (χ3v) is 4.97. The van der Waals surface area contributed by atoms with E-state index in [-0.39, 0.29) is 11.4 Å². The van der Waals surface area contributed by atoms with Gasteiger partial charge in [-0.3, -0.25) is 0 Å². The van der Waals surface area contributed by atoms with Crippen LogP contribution in [0.1, 0.15) is 5.56 Å². The fourth-order valence-corrected chi connectivity index (χ4v) is 3.63. The Morgan fingerprint density at radius 2 is 1.50 bits per heavy atom. The van der Waals surface area contributed by atoms with Crippen molar-refractivity contribution in [2.45, 2.75) is 11.4 Å². The highest BCUT2D eigenvalue weighted by Crippen LogP contribution is 2.27. The summed E-state index contributed by atoms with van der Waals surface area (Å²) >= 11 is 0. The Morgan fingerprint density at radius 3 is 2.27 bits per heavy atom. The lowest BCUT2D eigenvalue weighted by Gasteiger charge is -2.10. The Bertz CT molecular complexity index is 906. The van der Waals surface area contributed by atoms with Crippen LogP contribution in [0.25, 0.3) is 10.8 Å². The predicted molar refractivity (Wildman–Crippen MR) is 88.8 cm³/mol. The smallest absolute Gasteiger partial charge is 0.241 e. The van der Waals surface area contributed by atoms with E-state index in [0.717, 1.165) is 10.9 Å². The second-order valence-corrected chi connectivity index (χ2v) is 6.74. The summed E-state index contributed by atoms with van der Waals surface area (Å²) in [5, 5.41) is 1.37. The average molecular weight is 312 g/mol. The third kappa shape index (κ3) is 2.81. The van der Waals surface area contributed by atoms with E-state index in [4.69, 9.17) is 5.73 Å². The summed E-state index contributed by atoms with van der Waals surface area (Å²) in [6.45, 7) is 0.252. The molecular formula is C17H16N2O2S. The summed E-state index contributed by atoms with van der Waals surface area (Å²) in [6.07, 6.45) is 0. The number of anilines is 1. The van der Waals surface area contributed by atoms with Crippen LogP contribution in [0.15, 0.2) is 71.6 Å². The lowest BCUT2D eigenvalue weighted by molar-refractivity contribution is 0.582. The normalized spacial score (nSPS) is 11.6. The van der Waals surface area contributed by atoms with E-state index in [2.05, 4.69) is 4.72 Å². The van der Waals surface area contributed by atoms with Gasteiger partial charge in [-0.2, -0.15) is 0 Å². The van der Waals surface area contributed by atoms with Crippen LogP contribution in [-0.4, -0.2) is 8.42 Å². The van der Waals surface area contributed by atoms with Crippen molar-refractivity contribution >= 4 is 26.5 Å². The van der Waals surface area contributed by atoms with Crippen molar-refractivity contribution in [1.29, 1.82) is 0 Å². The van der Waals surface area contributed by atoms with E-state index >= 15 is 0 Å². The van der Waals surface area contributed by atoms with Gasteiger partial charge in [-0.05, 0) is 17.7 Å². The summed E-state index contributed by atoms with van der Waals surface area (Å²) in [4.78, 5) is 0.244. The van der Waals surface area contributed by atoms with E-state index in [1.165, 1.54) is 0 Å². The van der Waals surface area contributed by atoms with Crippen LogP contribution in [-0.2, 0) is 16.6 Å². The van der Waals surface area contributed by atoms with Crippen molar-refractivity contribution < 1.29 is 8.42 Å². The Hall–Kier alpha value is -2.37. The van der Waals surface area contributed by atoms with Crippen LogP contribution >= 0.6 is 0 Å². The molecule has 0 heterocycles. The second kappa shape index (κ2) is 5.79. The van der Waals surface area contributed by atoms with Gasteiger partial charge in [-0.25, -0.2) is 13.1 Å². The first-order valence-electron chi connectivity index (χ1n) is 6.89. The van der Waals surface area contributed by atoms with E-state index in [1.807, 2.05) is 36.4 Å². The summed E-state index contributed by atoms with van der Waals surface area (Å²) in [5.74, 6) is 0. The topological polar surface area (TPSA) is 72.2 Å². The quantitative estimate of drug-likeness (QED) is 0.728.